The number of ether oxygens (including phenoxy) is 1. The molecular weight excluding hydrogens is 492 g/mol. The first-order valence-corrected chi connectivity index (χ1v) is 13.7. The first-order valence-electron chi connectivity index (χ1n) is 13.7. The number of rotatable bonds is 15. The van der Waals surface area contributed by atoms with E-state index >= 15 is 0 Å². The Bertz CT molecular complexity index is 1090. The third kappa shape index (κ3) is 8.93. The molecule has 0 aliphatic carbocycles. The highest BCUT2D eigenvalue weighted by Gasteiger charge is 2.31. The van der Waals surface area contributed by atoms with Crippen LogP contribution in [0.4, 0.5) is 0 Å². The fraction of sp³-hybridized carbons (Fsp3) is 0.406. The predicted octanol–water partition coefficient (Wildman–Crippen LogP) is 4.39. The van der Waals surface area contributed by atoms with Crippen molar-refractivity contribution in [3.8, 4) is 0 Å². The number of esters is 1. The fourth-order valence-corrected chi connectivity index (χ4v) is 5.00. The summed E-state index contributed by atoms with van der Waals surface area (Å²) in [6, 6.07) is 18.9. The summed E-state index contributed by atoms with van der Waals surface area (Å²) >= 11 is 0. The van der Waals surface area contributed by atoms with Gasteiger partial charge in [-0.3, -0.25) is 14.4 Å². The highest BCUT2D eigenvalue weighted by atomic mass is 16.5. The number of carbonyl (C=O) groups is 3. The molecular formula is C32H40N2O5. The van der Waals surface area contributed by atoms with Crippen LogP contribution in [0, 0.1) is 11.8 Å². The van der Waals surface area contributed by atoms with Gasteiger partial charge in [-0.2, -0.15) is 0 Å². The third-order valence-corrected chi connectivity index (χ3v) is 7.15. The highest BCUT2D eigenvalue weighted by molar-refractivity contribution is 5.86. The van der Waals surface area contributed by atoms with Crippen LogP contribution >= 0.6 is 0 Å². The maximum absolute atomic E-state index is 13.3. The van der Waals surface area contributed by atoms with Crippen molar-refractivity contribution in [1.29, 1.82) is 0 Å². The van der Waals surface area contributed by atoms with Gasteiger partial charge in [0.2, 0.25) is 11.8 Å². The molecule has 39 heavy (non-hydrogen) atoms. The molecule has 0 bridgehead atoms. The van der Waals surface area contributed by atoms with Crippen molar-refractivity contribution in [1.82, 2.24) is 10.2 Å². The molecule has 7 nitrogen and oxygen atoms in total. The lowest BCUT2D eigenvalue weighted by Crippen LogP contribution is -2.41. The molecule has 4 atom stereocenters. The van der Waals surface area contributed by atoms with Gasteiger partial charge >= 0.3 is 5.97 Å². The maximum atomic E-state index is 13.3. The number of benzene rings is 2. The van der Waals surface area contributed by atoms with Crippen LogP contribution in [0.25, 0.3) is 0 Å². The molecule has 0 aromatic heterocycles. The van der Waals surface area contributed by atoms with Gasteiger partial charge < -0.3 is 20.1 Å². The van der Waals surface area contributed by atoms with Crippen LogP contribution in [0.15, 0.2) is 86.0 Å². The van der Waals surface area contributed by atoms with Gasteiger partial charge in [-0.05, 0) is 43.2 Å². The molecule has 1 fully saturated rings. The quantitative estimate of drug-likeness (QED) is 0.262. The van der Waals surface area contributed by atoms with Gasteiger partial charge in [-0.15, -0.1) is 13.2 Å². The van der Waals surface area contributed by atoms with E-state index in [9.17, 15) is 19.5 Å². The van der Waals surface area contributed by atoms with Crippen LogP contribution in [-0.2, 0) is 25.5 Å². The van der Waals surface area contributed by atoms with Crippen molar-refractivity contribution in [3.63, 3.8) is 0 Å². The van der Waals surface area contributed by atoms with Crippen molar-refractivity contribution in [2.75, 3.05) is 19.7 Å². The van der Waals surface area contributed by atoms with Crippen molar-refractivity contribution in [2.24, 2.45) is 11.8 Å². The Kier molecular flexibility index (Phi) is 12.0. The first kappa shape index (κ1) is 29.8. The minimum Gasteiger partial charge on any atom is -0.455 e. The minimum absolute atomic E-state index is 0.0304. The summed E-state index contributed by atoms with van der Waals surface area (Å²) in [4.78, 5) is 41.1. The Hall–Kier alpha value is -3.71. The molecule has 1 aliphatic rings. The van der Waals surface area contributed by atoms with Crippen molar-refractivity contribution in [3.05, 3.63) is 97.1 Å². The molecule has 208 valence electrons. The Morgan fingerprint density at radius 2 is 1.64 bits per heavy atom. The van der Waals surface area contributed by atoms with Gasteiger partial charge in [0.15, 0.2) is 0 Å². The van der Waals surface area contributed by atoms with Crippen LogP contribution in [0.2, 0.25) is 0 Å². The van der Waals surface area contributed by atoms with E-state index in [-0.39, 0.29) is 43.4 Å². The Morgan fingerprint density at radius 1 is 1.00 bits per heavy atom. The van der Waals surface area contributed by atoms with Gasteiger partial charge in [0.25, 0.3) is 0 Å². The number of carbonyl (C=O) groups excluding carboxylic acids is 3. The number of nitrogens with zero attached hydrogens (tertiary/aromatic N) is 1. The number of likely N-dealkylation sites (tertiary alicyclic amines) is 1. The monoisotopic (exact) mass is 532 g/mol. The Labute approximate surface area is 231 Å². The lowest BCUT2D eigenvalue weighted by molar-refractivity contribution is -0.154. The van der Waals surface area contributed by atoms with Crippen LogP contribution in [-0.4, -0.2) is 53.5 Å². The van der Waals surface area contributed by atoms with E-state index in [0.717, 1.165) is 24.0 Å². The standard InChI is InChI=1S/C32H40N2O5/c1-3-12-26(21-30(36)34-19-11-18-28(34)23-35)31(37)33-22-29(25-16-9-6-10-17-25)39-32(38)27(13-4-2)20-24-14-7-5-8-15-24/h3-10,14-17,26-29,35H,1-2,11-13,18-23H2,(H,33,37)/t26-,27-,28+,29+/m1/s1. The van der Waals surface area contributed by atoms with E-state index in [4.69, 9.17) is 4.74 Å². The minimum atomic E-state index is -0.692. The van der Waals surface area contributed by atoms with E-state index < -0.39 is 17.9 Å². The second-order valence-electron chi connectivity index (χ2n) is 9.98. The Morgan fingerprint density at radius 3 is 2.28 bits per heavy atom. The van der Waals surface area contributed by atoms with E-state index in [1.807, 2.05) is 60.7 Å². The van der Waals surface area contributed by atoms with Crippen molar-refractivity contribution in [2.45, 2.75) is 50.7 Å². The predicted molar refractivity (Wildman–Crippen MR) is 151 cm³/mol. The van der Waals surface area contributed by atoms with Gasteiger partial charge in [0.05, 0.1) is 31.0 Å². The SMILES string of the molecule is C=CC[C@H](CC(=O)N1CCC[C@H]1CO)C(=O)NC[C@H](OC(=O)[C@H](CC=C)Cc1ccccc1)c1ccccc1. The van der Waals surface area contributed by atoms with Gasteiger partial charge in [0.1, 0.15) is 6.10 Å². The van der Waals surface area contributed by atoms with Crippen molar-refractivity contribution >= 4 is 17.8 Å². The summed E-state index contributed by atoms with van der Waals surface area (Å²) in [6.07, 6.45) is 5.62. The van der Waals surface area contributed by atoms with Gasteiger partial charge in [-0.25, -0.2) is 0 Å². The zero-order valence-corrected chi connectivity index (χ0v) is 22.5. The average molecular weight is 533 g/mol. The molecule has 7 heteroatoms. The Balaban J connectivity index is 1.68. The number of nitrogens with one attached hydrogen (secondary N) is 1. The second kappa shape index (κ2) is 15.6. The third-order valence-electron chi connectivity index (χ3n) is 7.15. The molecule has 2 N–H and O–H groups in total. The lowest BCUT2D eigenvalue weighted by Gasteiger charge is -2.26. The topological polar surface area (TPSA) is 95.9 Å². The summed E-state index contributed by atoms with van der Waals surface area (Å²) in [5.41, 5.74) is 1.80. The summed E-state index contributed by atoms with van der Waals surface area (Å²) < 4.78 is 5.98. The summed E-state index contributed by atoms with van der Waals surface area (Å²) in [7, 11) is 0. The average Bonchev–Trinajstić information content (AvgIpc) is 3.45. The molecule has 1 heterocycles. The molecule has 1 aliphatic heterocycles. The second-order valence-corrected chi connectivity index (χ2v) is 9.98. The van der Waals surface area contributed by atoms with Gasteiger partial charge in [0, 0.05) is 13.0 Å². The van der Waals surface area contributed by atoms with Gasteiger partial charge in [-0.1, -0.05) is 72.8 Å². The number of allylic oxidation sites excluding steroid dienone is 2. The molecule has 0 unspecified atom stereocenters. The molecule has 1 saturated heterocycles. The number of hydrogen-bond donors (Lipinski definition) is 2. The van der Waals surface area contributed by atoms with Crippen LogP contribution in [0.5, 0.6) is 0 Å². The largest absolute Gasteiger partial charge is 0.455 e. The number of aliphatic hydroxyl groups is 1. The number of aliphatic hydroxyl groups excluding tert-OH is 1. The van der Waals surface area contributed by atoms with E-state index in [0.29, 0.717) is 25.8 Å². The zero-order chi connectivity index (χ0) is 28.0. The number of amides is 2. The van der Waals surface area contributed by atoms with E-state index in [1.54, 1.807) is 17.1 Å². The maximum Gasteiger partial charge on any atom is 0.310 e. The fourth-order valence-electron chi connectivity index (χ4n) is 5.00. The summed E-state index contributed by atoms with van der Waals surface area (Å²) in [5, 5.41) is 12.5. The highest BCUT2D eigenvalue weighted by Crippen LogP contribution is 2.24. The molecule has 2 aromatic rings. The van der Waals surface area contributed by atoms with E-state index in [1.165, 1.54) is 0 Å². The van der Waals surface area contributed by atoms with Crippen LogP contribution < -0.4 is 5.32 Å². The molecule has 0 saturated carbocycles. The molecule has 0 radical (unpaired) electrons. The molecule has 0 spiro atoms. The summed E-state index contributed by atoms with van der Waals surface area (Å²) in [5.74, 6) is -1.81. The molecule has 2 aromatic carbocycles. The van der Waals surface area contributed by atoms with Crippen LogP contribution in [0.1, 0.15) is 49.3 Å². The normalized spacial score (nSPS) is 17.1. The zero-order valence-electron chi connectivity index (χ0n) is 22.5. The lowest BCUT2D eigenvalue weighted by atomic mass is 9.96. The molecule has 3 rings (SSSR count). The van der Waals surface area contributed by atoms with Crippen LogP contribution in [0.3, 0.4) is 0 Å². The van der Waals surface area contributed by atoms with Crippen molar-refractivity contribution < 1.29 is 24.2 Å². The first-order chi connectivity index (χ1) is 19.0. The van der Waals surface area contributed by atoms with E-state index in [2.05, 4.69) is 18.5 Å². The molecule has 2 amide bonds. The summed E-state index contributed by atoms with van der Waals surface area (Å²) in [6.45, 7) is 8.14. The number of hydrogen-bond acceptors (Lipinski definition) is 5. The smallest absolute Gasteiger partial charge is 0.310 e.